The first-order valence-corrected chi connectivity index (χ1v) is 6.67. The molecule has 1 N–H and O–H groups in total. The monoisotopic (exact) mass is 271 g/mol. The maximum absolute atomic E-state index is 6.12. The van der Waals surface area contributed by atoms with Crippen molar-refractivity contribution in [1.29, 1.82) is 0 Å². The van der Waals surface area contributed by atoms with E-state index in [0.717, 1.165) is 30.8 Å². The highest BCUT2D eigenvalue weighted by molar-refractivity contribution is 6.32. The Morgan fingerprint density at radius 2 is 2.17 bits per heavy atom. The van der Waals surface area contributed by atoms with E-state index in [1.807, 2.05) is 25.1 Å². The van der Waals surface area contributed by atoms with Gasteiger partial charge in [0.05, 0.1) is 11.6 Å². The summed E-state index contributed by atoms with van der Waals surface area (Å²) in [6.45, 7) is 6.43. The van der Waals surface area contributed by atoms with E-state index < -0.39 is 0 Å². The second-order valence-corrected chi connectivity index (χ2v) is 4.74. The Kier molecular flexibility index (Phi) is 7.09. The molecule has 1 unspecified atom stereocenters. The maximum atomic E-state index is 6.12. The summed E-state index contributed by atoms with van der Waals surface area (Å²) in [5.74, 6) is 0.719. The van der Waals surface area contributed by atoms with Crippen molar-refractivity contribution in [2.75, 3.05) is 26.8 Å². The van der Waals surface area contributed by atoms with Crippen LogP contribution in [-0.2, 0) is 4.74 Å². The van der Waals surface area contributed by atoms with Gasteiger partial charge in [-0.25, -0.2) is 0 Å². The van der Waals surface area contributed by atoms with E-state index in [9.17, 15) is 0 Å². The molecule has 102 valence electrons. The molecule has 1 rings (SSSR count). The van der Waals surface area contributed by atoms with Crippen LogP contribution in [0.1, 0.15) is 18.9 Å². The number of aryl methyl sites for hydroxylation is 1. The summed E-state index contributed by atoms with van der Waals surface area (Å²) in [6, 6.07) is 5.77. The van der Waals surface area contributed by atoms with Crippen molar-refractivity contribution in [2.24, 2.45) is 0 Å². The van der Waals surface area contributed by atoms with Crippen molar-refractivity contribution in [3.05, 3.63) is 28.8 Å². The molecular weight excluding hydrogens is 250 g/mol. The highest BCUT2D eigenvalue weighted by Gasteiger charge is 2.12. The van der Waals surface area contributed by atoms with Crippen LogP contribution in [0.15, 0.2) is 18.2 Å². The number of methoxy groups -OCH3 is 1. The molecule has 4 heteroatoms. The molecule has 0 aliphatic rings. The number of benzene rings is 1. The van der Waals surface area contributed by atoms with E-state index in [0.29, 0.717) is 11.6 Å². The Bertz CT molecular complexity index is 358. The number of halogens is 1. The Balaban J connectivity index is 2.60. The molecule has 0 aliphatic carbocycles. The summed E-state index contributed by atoms with van der Waals surface area (Å²) in [6.07, 6.45) is 1.08. The van der Waals surface area contributed by atoms with Crippen molar-refractivity contribution in [3.63, 3.8) is 0 Å². The second-order valence-electron chi connectivity index (χ2n) is 4.33. The minimum absolute atomic E-state index is 0.0270. The van der Waals surface area contributed by atoms with Gasteiger partial charge in [0, 0.05) is 13.7 Å². The van der Waals surface area contributed by atoms with Gasteiger partial charge >= 0.3 is 0 Å². The highest BCUT2D eigenvalue weighted by Crippen LogP contribution is 2.26. The van der Waals surface area contributed by atoms with Crippen LogP contribution in [0.3, 0.4) is 0 Å². The van der Waals surface area contributed by atoms with Crippen molar-refractivity contribution in [2.45, 2.75) is 26.4 Å². The van der Waals surface area contributed by atoms with Gasteiger partial charge in [-0.1, -0.05) is 24.6 Å². The van der Waals surface area contributed by atoms with Gasteiger partial charge in [-0.2, -0.15) is 0 Å². The number of ether oxygens (including phenoxy) is 2. The summed E-state index contributed by atoms with van der Waals surface area (Å²) in [5, 5.41) is 3.96. The van der Waals surface area contributed by atoms with Gasteiger partial charge in [0.25, 0.3) is 0 Å². The SMILES string of the molecule is CCCNCC(COC)Oc1cc(C)ccc1Cl. The van der Waals surface area contributed by atoms with Gasteiger partial charge in [0.2, 0.25) is 0 Å². The molecule has 1 aromatic rings. The number of rotatable bonds is 8. The van der Waals surface area contributed by atoms with Crippen molar-refractivity contribution in [3.8, 4) is 5.75 Å². The highest BCUT2D eigenvalue weighted by atomic mass is 35.5. The molecule has 0 amide bonds. The molecular formula is C14H22ClNO2. The normalized spacial score (nSPS) is 12.4. The number of hydrogen-bond acceptors (Lipinski definition) is 3. The lowest BCUT2D eigenvalue weighted by Crippen LogP contribution is -2.35. The fourth-order valence-electron chi connectivity index (χ4n) is 1.64. The minimum atomic E-state index is -0.0270. The summed E-state index contributed by atoms with van der Waals surface area (Å²) in [4.78, 5) is 0. The maximum Gasteiger partial charge on any atom is 0.138 e. The molecule has 0 bridgehead atoms. The Hall–Kier alpha value is -0.770. The molecule has 0 spiro atoms. The van der Waals surface area contributed by atoms with Crippen molar-refractivity contribution >= 4 is 11.6 Å². The molecule has 3 nitrogen and oxygen atoms in total. The van der Waals surface area contributed by atoms with E-state index >= 15 is 0 Å². The first-order chi connectivity index (χ1) is 8.67. The minimum Gasteiger partial charge on any atom is -0.485 e. The zero-order valence-corrected chi connectivity index (χ0v) is 12.1. The fourth-order valence-corrected chi connectivity index (χ4v) is 1.80. The lowest BCUT2D eigenvalue weighted by atomic mass is 10.2. The van der Waals surface area contributed by atoms with E-state index in [1.165, 1.54) is 0 Å². The molecule has 0 saturated carbocycles. The molecule has 1 aromatic carbocycles. The first kappa shape index (κ1) is 15.3. The van der Waals surface area contributed by atoms with Crippen LogP contribution in [0.4, 0.5) is 0 Å². The second kappa shape index (κ2) is 8.35. The van der Waals surface area contributed by atoms with Crippen LogP contribution >= 0.6 is 11.6 Å². The summed E-state index contributed by atoms with van der Waals surface area (Å²) >= 11 is 6.12. The third kappa shape index (κ3) is 5.25. The van der Waals surface area contributed by atoms with E-state index in [4.69, 9.17) is 21.1 Å². The average molecular weight is 272 g/mol. The third-order valence-corrected chi connectivity index (χ3v) is 2.84. The topological polar surface area (TPSA) is 30.5 Å². The van der Waals surface area contributed by atoms with E-state index in [1.54, 1.807) is 7.11 Å². The molecule has 0 radical (unpaired) electrons. The lowest BCUT2D eigenvalue weighted by molar-refractivity contribution is 0.0808. The van der Waals surface area contributed by atoms with Gasteiger partial charge in [-0.15, -0.1) is 0 Å². The Labute approximate surface area is 114 Å². The van der Waals surface area contributed by atoms with Gasteiger partial charge in [-0.3, -0.25) is 0 Å². The Morgan fingerprint density at radius 3 is 2.83 bits per heavy atom. The van der Waals surface area contributed by atoms with E-state index in [2.05, 4.69) is 12.2 Å². The van der Waals surface area contributed by atoms with Crippen LogP contribution in [0.5, 0.6) is 5.75 Å². The fraction of sp³-hybridized carbons (Fsp3) is 0.571. The zero-order valence-electron chi connectivity index (χ0n) is 11.3. The van der Waals surface area contributed by atoms with Gasteiger partial charge < -0.3 is 14.8 Å². The molecule has 0 aliphatic heterocycles. The van der Waals surface area contributed by atoms with E-state index in [-0.39, 0.29) is 6.10 Å². The summed E-state index contributed by atoms with van der Waals surface area (Å²) in [5.41, 5.74) is 1.13. The molecule has 0 heterocycles. The molecule has 0 aromatic heterocycles. The molecule has 1 atom stereocenters. The summed E-state index contributed by atoms with van der Waals surface area (Å²) < 4.78 is 11.1. The van der Waals surface area contributed by atoms with Crippen LogP contribution in [-0.4, -0.2) is 32.9 Å². The predicted octanol–water partition coefficient (Wildman–Crippen LogP) is 3.04. The van der Waals surface area contributed by atoms with Crippen LogP contribution in [0.2, 0.25) is 5.02 Å². The smallest absolute Gasteiger partial charge is 0.138 e. The Morgan fingerprint density at radius 1 is 1.39 bits per heavy atom. The number of hydrogen-bond donors (Lipinski definition) is 1. The average Bonchev–Trinajstić information content (AvgIpc) is 2.34. The quantitative estimate of drug-likeness (QED) is 0.737. The largest absolute Gasteiger partial charge is 0.485 e. The number of nitrogens with one attached hydrogen (secondary N) is 1. The lowest BCUT2D eigenvalue weighted by Gasteiger charge is -2.20. The molecule has 18 heavy (non-hydrogen) atoms. The van der Waals surface area contributed by atoms with Gasteiger partial charge in [0.15, 0.2) is 0 Å². The van der Waals surface area contributed by atoms with Crippen molar-refractivity contribution < 1.29 is 9.47 Å². The predicted molar refractivity (Wildman–Crippen MR) is 75.6 cm³/mol. The van der Waals surface area contributed by atoms with Gasteiger partial charge in [-0.05, 0) is 37.6 Å². The summed E-state index contributed by atoms with van der Waals surface area (Å²) in [7, 11) is 1.67. The third-order valence-electron chi connectivity index (χ3n) is 2.53. The van der Waals surface area contributed by atoms with Gasteiger partial charge in [0.1, 0.15) is 11.9 Å². The molecule has 0 fully saturated rings. The zero-order chi connectivity index (χ0) is 13.4. The van der Waals surface area contributed by atoms with Crippen LogP contribution in [0.25, 0.3) is 0 Å². The molecule has 0 saturated heterocycles. The van der Waals surface area contributed by atoms with Crippen LogP contribution in [0, 0.1) is 6.92 Å². The standard InChI is InChI=1S/C14H22ClNO2/c1-4-7-16-9-12(10-17-3)18-14-8-11(2)5-6-13(14)15/h5-6,8,12,16H,4,7,9-10H2,1-3H3. The van der Waals surface area contributed by atoms with Crippen LogP contribution < -0.4 is 10.1 Å². The van der Waals surface area contributed by atoms with Crippen molar-refractivity contribution in [1.82, 2.24) is 5.32 Å². The first-order valence-electron chi connectivity index (χ1n) is 6.29.